The maximum Gasteiger partial charge on any atom is 0.141 e. The molecule has 0 bridgehead atoms. The summed E-state index contributed by atoms with van der Waals surface area (Å²) >= 11 is 0. The second kappa shape index (κ2) is 5.75. The summed E-state index contributed by atoms with van der Waals surface area (Å²) in [4.78, 5) is 9.26. The fraction of sp³-hybridized carbons (Fsp3) is 0.643. The Balaban J connectivity index is 1.59. The average molecular weight is 261 g/mol. The molecular formula is C14H23N5. The van der Waals surface area contributed by atoms with Crippen molar-refractivity contribution in [3.05, 3.63) is 18.3 Å². The molecule has 2 heterocycles. The molecule has 3 N–H and O–H groups in total. The molecule has 5 nitrogen and oxygen atoms in total. The van der Waals surface area contributed by atoms with E-state index >= 15 is 0 Å². The number of pyridine rings is 1. The number of nitrogens with zero attached hydrogens (tertiary/aromatic N) is 3. The lowest BCUT2D eigenvalue weighted by Crippen LogP contribution is -2.49. The van der Waals surface area contributed by atoms with Gasteiger partial charge < -0.3 is 10.3 Å². The largest absolute Gasteiger partial charge is 0.369 e. The fourth-order valence-corrected chi connectivity index (χ4v) is 3.31. The van der Waals surface area contributed by atoms with Crippen LogP contribution in [0.5, 0.6) is 0 Å². The minimum atomic E-state index is 0.732. The molecule has 1 aromatic heterocycles. The molecule has 0 amide bonds. The van der Waals surface area contributed by atoms with Crippen LogP contribution in [0, 0.1) is 0 Å². The highest BCUT2D eigenvalue weighted by Crippen LogP contribution is 2.25. The van der Waals surface area contributed by atoms with E-state index in [0.717, 1.165) is 24.9 Å². The van der Waals surface area contributed by atoms with Crippen LogP contribution in [0.4, 0.5) is 11.5 Å². The molecule has 1 aromatic rings. The Morgan fingerprint density at radius 2 is 1.89 bits per heavy atom. The lowest BCUT2D eigenvalue weighted by molar-refractivity contribution is 0.187. The van der Waals surface area contributed by atoms with Crippen LogP contribution in [0.15, 0.2) is 18.3 Å². The predicted molar refractivity (Wildman–Crippen MR) is 78.1 cm³/mol. The van der Waals surface area contributed by atoms with Gasteiger partial charge in [0.2, 0.25) is 0 Å². The van der Waals surface area contributed by atoms with Gasteiger partial charge in [-0.3, -0.25) is 4.90 Å². The maximum atomic E-state index is 5.41. The van der Waals surface area contributed by atoms with E-state index in [1.54, 1.807) is 0 Å². The molecule has 3 rings (SSSR count). The first kappa shape index (κ1) is 12.7. The predicted octanol–water partition coefficient (Wildman–Crippen LogP) is 1.43. The number of hydrogen-bond donors (Lipinski definition) is 2. The van der Waals surface area contributed by atoms with E-state index in [0.29, 0.717) is 0 Å². The molecule has 0 spiro atoms. The summed E-state index contributed by atoms with van der Waals surface area (Å²) in [6.07, 6.45) is 7.45. The Hall–Kier alpha value is -1.33. The second-order valence-corrected chi connectivity index (χ2v) is 5.50. The van der Waals surface area contributed by atoms with Gasteiger partial charge in [0.15, 0.2) is 0 Å². The van der Waals surface area contributed by atoms with Gasteiger partial charge in [0.1, 0.15) is 5.82 Å². The van der Waals surface area contributed by atoms with Gasteiger partial charge in [0, 0.05) is 50.2 Å². The third kappa shape index (κ3) is 2.82. The molecular weight excluding hydrogens is 238 g/mol. The van der Waals surface area contributed by atoms with Gasteiger partial charge in [-0.05, 0) is 18.9 Å². The lowest BCUT2D eigenvalue weighted by atomic mass is 10.1. The van der Waals surface area contributed by atoms with Gasteiger partial charge in [0.05, 0.1) is 0 Å². The standard InChI is InChI=1S/C14H23N5/c15-17-14-11-13(5-6-16-14)19-9-7-18(8-10-19)12-3-1-2-4-12/h5-6,11-12H,1-4,7-10,15H2,(H,16,17). The van der Waals surface area contributed by atoms with Crippen LogP contribution in [0.1, 0.15) is 25.7 Å². The first-order valence-electron chi connectivity index (χ1n) is 7.28. The molecule has 5 heteroatoms. The Morgan fingerprint density at radius 3 is 2.58 bits per heavy atom. The van der Waals surface area contributed by atoms with Crippen molar-refractivity contribution in [3.8, 4) is 0 Å². The molecule has 0 unspecified atom stereocenters. The summed E-state index contributed by atoms with van der Waals surface area (Å²) in [6.45, 7) is 4.56. The minimum absolute atomic E-state index is 0.732. The van der Waals surface area contributed by atoms with Gasteiger partial charge in [0.25, 0.3) is 0 Å². The van der Waals surface area contributed by atoms with Gasteiger partial charge in [-0.25, -0.2) is 10.8 Å². The first-order chi connectivity index (χ1) is 9.36. The van der Waals surface area contributed by atoms with E-state index in [9.17, 15) is 0 Å². The van der Waals surface area contributed by atoms with E-state index in [-0.39, 0.29) is 0 Å². The number of nitrogen functional groups attached to an aromatic ring is 1. The summed E-state index contributed by atoms with van der Waals surface area (Å²) in [7, 11) is 0. The first-order valence-corrected chi connectivity index (χ1v) is 7.28. The second-order valence-electron chi connectivity index (χ2n) is 5.50. The summed E-state index contributed by atoms with van der Waals surface area (Å²) in [5.41, 5.74) is 3.83. The molecule has 1 saturated heterocycles. The Kier molecular flexibility index (Phi) is 3.84. The van der Waals surface area contributed by atoms with Gasteiger partial charge >= 0.3 is 0 Å². The minimum Gasteiger partial charge on any atom is -0.369 e. The molecule has 0 aromatic carbocycles. The third-order valence-corrected chi connectivity index (χ3v) is 4.41. The molecule has 2 aliphatic rings. The highest BCUT2D eigenvalue weighted by Gasteiger charge is 2.26. The Labute approximate surface area is 114 Å². The number of piperazine rings is 1. The van der Waals surface area contributed by atoms with Crippen molar-refractivity contribution >= 4 is 11.5 Å². The number of hydrazine groups is 1. The van der Waals surface area contributed by atoms with Crippen molar-refractivity contribution in [3.63, 3.8) is 0 Å². The number of nitrogens with one attached hydrogen (secondary N) is 1. The maximum absolute atomic E-state index is 5.41. The molecule has 0 atom stereocenters. The highest BCUT2D eigenvalue weighted by molar-refractivity contribution is 5.53. The summed E-state index contributed by atoms with van der Waals surface area (Å²) in [5.74, 6) is 6.15. The van der Waals surface area contributed by atoms with Crippen molar-refractivity contribution in [2.24, 2.45) is 5.84 Å². The number of rotatable bonds is 3. The smallest absolute Gasteiger partial charge is 0.141 e. The van der Waals surface area contributed by atoms with Crippen molar-refractivity contribution in [2.45, 2.75) is 31.7 Å². The van der Waals surface area contributed by atoms with Crippen LogP contribution in [-0.4, -0.2) is 42.1 Å². The third-order valence-electron chi connectivity index (χ3n) is 4.41. The van der Waals surface area contributed by atoms with Gasteiger partial charge in [-0.2, -0.15) is 0 Å². The Morgan fingerprint density at radius 1 is 1.16 bits per heavy atom. The quantitative estimate of drug-likeness (QED) is 0.637. The van der Waals surface area contributed by atoms with Crippen LogP contribution in [0.25, 0.3) is 0 Å². The molecule has 1 aliphatic carbocycles. The van der Waals surface area contributed by atoms with E-state index in [2.05, 4.69) is 26.3 Å². The van der Waals surface area contributed by atoms with Crippen LogP contribution in [0.2, 0.25) is 0 Å². The van der Waals surface area contributed by atoms with E-state index in [1.807, 2.05) is 12.3 Å². The van der Waals surface area contributed by atoms with Crippen LogP contribution >= 0.6 is 0 Å². The number of hydrogen-bond acceptors (Lipinski definition) is 5. The zero-order chi connectivity index (χ0) is 13.1. The van der Waals surface area contributed by atoms with Crippen LogP contribution in [-0.2, 0) is 0 Å². The van der Waals surface area contributed by atoms with Crippen molar-refractivity contribution in [1.82, 2.24) is 9.88 Å². The monoisotopic (exact) mass is 261 g/mol. The molecule has 2 fully saturated rings. The van der Waals surface area contributed by atoms with Crippen LogP contribution < -0.4 is 16.2 Å². The normalized spacial score (nSPS) is 21.8. The van der Waals surface area contributed by atoms with Gasteiger partial charge in [-0.15, -0.1) is 0 Å². The summed E-state index contributed by atoms with van der Waals surface area (Å²) < 4.78 is 0. The SMILES string of the molecule is NNc1cc(N2CCN(C3CCCC3)CC2)ccn1. The zero-order valence-corrected chi connectivity index (χ0v) is 11.4. The van der Waals surface area contributed by atoms with Crippen molar-refractivity contribution in [2.75, 3.05) is 36.5 Å². The highest BCUT2D eigenvalue weighted by atomic mass is 15.3. The van der Waals surface area contributed by atoms with E-state index in [4.69, 9.17) is 5.84 Å². The number of anilines is 2. The molecule has 1 saturated carbocycles. The topological polar surface area (TPSA) is 57.4 Å². The molecule has 0 radical (unpaired) electrons. The average Bonchev–Trinajstić information content (AvgIpc) is 3.02. The zero-order valence-electron chi connectivity index (χ0n) is 11.4. The fourth-order valence-electron chi connectivity index (χ4n) is 3.31. The molecule has 1 aliphatic heterocycles. The van der Waals surface area contributed by atoms with E-state index < -0.39 is 0 Å². The Bertz CT molecular complexity index is 408. The molecule has 104 valence electrons. The number of nitrogens with two attached hydrogens (primary N) is 1. The number of aromatic nitrogens is 1. The summed E-state index contributed by atoms with van der Waals surface area (Å²) in [5, 5.41) is 0. The lowest BCUT2D eigenvalue weighted by Gasteiger charge is -2.39. The van der Waals surface area contributed by atoms with Crippen molar-refractivity contribution < 1.29 is 0 Å². The van der Waals surface area contributed by atoms with E-state index in [1.165, 1.54) is 44.5 Å². The van der Waals surface area contributed by atoms with Gasteiger partial charge in [-0.1, -0.05) is 12.8 Å². The van der Waals surface area contributed by atoms with Crippen molar-refractivity contribution in [1.29, 1.82) is 0 Å². The molecule has 19 heavy (non-hydrogen) atoms. The van der Waals surface area contributed by atoms with Crippen LogP contribution in [0.3, 0.4) is 0 Å². The summed E-state index contributed by atoms with van der Waals surface area (Å²) in [6, 6.07) is 4.93.